The number of hydrogen-bond acceptors (Lipinski definition) is 2. The number of ketones is 1. The van der Waals surface area contributed by atoms with Gasteiger partial charge in [0.15, 0.2) is 6.10 Å². The van der Waals surface area contributed by atoms with Gasteiger partial charge in [0.1, 0.15) is 0 Å². The Morgan fingerprint density at radius 1 is 1.36 bits per heavy atom. The molecule has 0 N–H and O–H groups in total. The minimum absolute atomic E-state index is 0.0487. The quantitative estimate of drug-likeness (QED) is 0.490. The van der Waals surface area contributed by atoms with E-state index in [1.807, 2.05) is 37.3 Å². The van der Waals surface area contributed by atoms with Gasteiger partial charge in [-0.25, -0.2) is 0 Å². The summed E-state index contributed by atoms with van der Waals surface area (Å²) >= 11 is 0. The van der Waals surface area contributed by atoms with Crippen LogP contribution < -0.4 is 0 Å². The van der Waals surface area contributed by atoms with Gasteiger partial charge in [0.2, 0.25) is 5.78 Å². The van der Waals surface area contributed by atoms with Gasteiger partial charge in [-0.3, -0.25) is 4.79 Å². The van der Waals surface area contributed by atoms with Gasteiger partial charge in [0, 0.05) is 5.56 Å². The standard InChI is InChI=1S/C12H10O2/c1-9-12(14-9)11(13)8-7-10-5-3-2-4-6-10/h2-6,9,12H,1H3. The number of carbonyl (C=O) groups excluding carboxylic acids is 1. The summed E-state index contributed by atoms with van der Waals surface area (Å²) in [5.41, 5.74) is 0.856. The molecule has 0 amide bonds. The lowest BCUT2D eigenvalue weighted by Crippen LogP contribution is -2.04. The van der Waals surface area contributed by atoms with Crippen LogP contribution in [0.1, 0.15) is 12.5 Å². The van der Waals surface area contributed by atoms with Crippen molar-refractivity contribution in [2.75, 3.05) is 0 Å². The van der Waals surface area contributed by atoms with E-state index in [1.165, 1.54) is 0 Å². The molecule has 1 aromatic rings. The van der Waals surface area contributed by atoms with Crippen LogP contribution in [0.4, 0.5) is 0 Å². The minimum Gasteiger partial charge on any atom is -0.360 e. The van der Waals surface area contributed by atoms with Crippen LogP contribution in [-0.2, 0) is 9.53 Å². The SMILES string of the molecule is CC1OC1C(=O)C#Cc1ccccc1. The number of Topliss-reactive ketones (excluding diaryl/α,β-unsaturated/α-hetero) is 1. The number of rotatable bonds is 1. The summed E-state index contributed by atoms with van der Waals surface area (Å²) in [4.78, 5) is 11.3. The lowest BCUT2D eigenvalue weighted by molar-refractivity contribution is -0.114. The molecule has 0 saturated carbocycles. The van der Waals surface area contributed by atoms with Gasteiger partial charge < -0.3 is 4.74 Å². The van der Waals surface area contributed by atoms with E-state index >= 15 is 0 Å². The topological polar surface area (TPSA) is 29.6 Å². The van der Waals surface area contributed by atoms with Gasteiger partial charge in [-0.05, 0) is 25.0 Å². The molecule has 1 aliphatic rings. The summed E-state index contributed by atoms with van der Waals surface area (Å²) in [6.45, 7) is 1.87. The molecule has 1 aromatic carbocycles. The van der Waals surface area contributed by atoms with E-state index in [1.54, 1.807) is 0 Å². The lowest BCUT2D eigenvalue weighted by Gasteiger charge is -1.85. The molecule has 14 heavy (non-hydrogen) atoms. The second-order valence-electron chi connectivity index (χ2n) is 3.24. The normalized spacial score (nSPS) is 23.5. The number of carbonyl (C=O) groups is 1. The first-order chi connectivity index (χ1) is 6.77. The van der Waals surface area contributed by atoms with E-state index in [2.05, 4.69) is 11.8 Å². The summed E-state index contributed by atoms with van der Waals surface area (Å²) in [7, 11) is 0. The maximum Gasteiger partial charge on any atom is 0.237 e. The molecule has 2 nitrogen and oxygen atoms in total. The van der Waals surface area contributed by atoms with E-state index in [0.29, 0.717) is 0 Å². The highest BCUT2D eigenvalue weighted by Gasteiger charge is 2.40. The highest BCUT2D eigenvalue weighted by atomic mass is 16.6. The molecule has 2 rings (SSSR count). The predicted molar refractivity (Wildman–Crippen MR) is 52.7 cm³/mol. The van der Waals surface area contributed by atoms with Crippen molar-refractivity contribution >= 4 is 5.78 Å². The summed E-state index contributed by atoms with van der Waals surface area (Å²) in [5, 5.41) is 0. The third kappa shape index (κ3) is 2.01. The van der Waals surface area contributed by atoms with Gasteiger partial charge in [-0.1, -0.05) is 24.1 Å². The van der Waals surface area contributed by atoms with Gasteiger partial charge >= 0.3 is 0 Å². The number of epoxide rings is 1. The van der Waals surface area contributed by atoms with Crippen molar-refractivity contribution in [2.24, 2.45) is 0 Å². The van der Waals surface area contributed by atoms with Crippen LogP contribution in [0.15, 0.2) is 30.3 Å². The Balaban J connectivity index is 2.04. The van der Waals surface area contributed by atoms with Gasteiger partial charge in [0.05, 0.1) is 6.10 Å². The van der Waals surface area contributed by atoms with E-state index in [0.717, 1.165) is 5.56 Å². The molecular weight excluding hydrogens is 176 g/mol. The van der Waals surface area contributed by atoms with Crippen molar-refractivity contribution < 1.29 is 9.53 Å². The van der Waals surface area contributed by atoms with Crippen LogP contribution in [0.3, 0.4) is 0 Å². The Labute approximate surface area is 82.9 Å². The highest BCUT2D eigenvalue weighted by molar-refractivity contribution is 6.01. The molecule has 1 fully saturated rings. The average Bonchev–Trinajstić information content (AvgIpc) is 2.94. The van der Waals surface area contributed by atoms with Crippen molar-refractivity contribution in [1.29, 1.82) is 0 Å². The third-order valence-corrected chi connectivity index (χ3v) is 2.07. The fraction of sp³-hybridized carbons (Fsp3) is 0.250. The summed E-state index contributed by atoms with van der Waals surface area (Å²) in [5.74, 6) is 5.26. The van der Waals surface area contributed by atoms with E-state index in [-0.39, 0.29) is 18.0 Å². The van der Waals surface area contributed by atoms with Crippen LogP contribution in [0.25, 0.3) is 0 Å². The molecule has 70 valence electrons. The van der Waals surface area contributed by atoms with E-state index < -0.39 is 0 Å². The van der Waals surface area contributed by atoms with Gasteiger partial charge in [-0.15, -0.1) is 0 Å². The monoisotopic (exact) mass is 186 g/mol. The third-order valence-electron chi connectivity index (χ3n) is 2.07. The van der Waals surface area contributed by atoms with Crippen molar-refractivity contribution in [3.05, 3.63) is 35.9 Å². The molecule has 0 radical (unpaired) electrons. The molecular formula is C12H10O2. The zero-order valence-corrected chi connectivity index (χ0v) is 7.86. The Morgan fingerprint density at radius 2 is 2.00 bits per heavy atom. The smallest absolute Gasteiger partial charge is 0.237 e. The molecule has 0 spiro atoms. The molecule has 1 saturated heterocycles. The van der Waals surface area contributed by atoms with Crippen molar-refractivity contribution in [2.45, 2.75) is 19.1 Å². The Morgan fingerprint density at radius 3 is 2.57 bits per heavy atom. The fourth-order valence-corrected chi connectivity index (χ4v) is 1.19. The molecule has 2 unspecified atom stereocenters. The molecule has 0 aromatic heterocycles. The number of hydrogen-bond donors (Lipinski definition) is 0. The first-order valence-electron chi connectivity index (χ1n) is 4.54. The Bertz CT molecular complexity index is 397. The molecule has 2 heteroatoms. The number of benzene rings is 1. The van der Waals surface area contributed by atoms with Crippen LogP contribution in [-0.4, -0.2) is 18.0 Å². The van der Waals surface area contributed by atoms with Gasteiger partial charge in [-0.2, -0.15) is 0 Å². The molecule has 1 heterocycles. The Kier molecular flexibility index (Phi) is 2.34. The summed E-state index contributed by atoms with van der Waals surface area (Å²) in [6, 6.07) is 9.45. The predicted octanol–water partition coefficient (Wildman–Crippen LogP) is 1.39. The number of ether oxygens (including phenoxy) is 1. The van der Waals surface area contributed by atoms with E-state index in [4.69, 9.17) is 4.74 Å². The first-order valence-corrected chi connectivity index (χ1v) is 4.54. The second-order valence-corrected chi connectivity index (χ2v) is 3.24. The molecule has 1 aliphatic heterocycles. The van der Waals surface area contributed by atoms with Crippen molar-refractivity contribution in [1.82, 2.24) is 0 Å². The maximum atomic E-state index is 11.3. The molecule has 2 atom stereocenters. The maximum absolute atomic E-state index is 11.3. The second kappa shape index (κ2) is 3.65. The fourth-order valence-electron chi connectivity index (χ4n) is 1.19. The van der Waals surface area contributed by atoms with Crippen LogP contribution >= 0.6 is 0 Å². The largest absolute Gasteiger partial charge is 0.360 e. The van der Waals surface area contributed by atoms with Crippen LogP contribution in [0.2, 0.25) is 0 Å². The summed E-state index contributed by atoms with van der Waals surface area (Å²) < 4.78 is 5.01. The highest BCUT2D eigenvalue weighted by Crippen LogP contribution is 2.21. The Hall–Kier alpha value is -1.59. The summed E-state index contributed by atoms with van der Waals surface area (Å²) in [6.07, 6.45) is -0.237. The van der Waals surface area contributed by atoms with Crippen molar-refractivity contribution in [3.63, 3.8) is 0 Å². The van der Waals surface area contributed by atoms with Crippen molar-refractivity contribution in [3.8, 4) is 11.8 Å². The molecule has 0 aliphatic carbocycles. The lowest BCUT2D eigenvalue weighted by atomic mass is 10.2. The zero-order chi connectivity index (χ0) is 9.97. The zero-order valence-electron chi connectivity index (χ0n) is 7.86. The van der Waals surface area contributed by atoms with Gasteiger partial charge in [0.25, 0.3) is 0 Å². The van der Waals surface area contributed by atoms with E-state index in [9.17, 15) is 4.79 Å². The van der Waals surface area contributed by atoms with Crippen LogP contribution in [0, 0.1) is 11.8 Å². The minimum atomic E-state index is -0.286. The first kappa shape index (κ1) is 8.98. The average molecular weight is 186 g/mol. The van der Waals surface area contributed by atoms with Crippen LogP contribution in [0.5, 0.6) is 0 Å². The molecule has 0 bridgehead atoms.